The van der Waals surface area contributed by atoms with Crippen LogP contribution in [0.25, 0.3) is 0 Å². The molecule has 3 aromatic rings. The van der Waals surface area contributed by atoms with Crippen molar-refractivity contribution in [3.05, 3.63) is 71.4 Å². The van der Waals surface area contributed by atoms with Gasteiger partial charge in [-0.05, 0) is 43.7 Å². The third kappa shape index (κ3) is 5.61. The fourth-order valence-electron chi connectivity index (χ4n) is 2.83. The third-order valence-corrected chi connectivity index (χ3v) is 4.36. The van der Waals surface area contributed by atoms with Crippen molar-refractivity contribution in [3.63, 3.8) is 0 Å². The number of hydrogen-bond donors (Lipinski definition) is 1. The first-order valence-electron chi connectivity index (χ1n) is 9.36. The minimum Gasteiger partial charge on any atom is -0.476 e. The Balaban J connectivity index is 1.76. The van der Waals surface area contributed by atoms with E-state index >= 15 is 0 Å². The van der Waals surface area contributed by atoms with E-state index < -0.39 is 11.6 Å². The summed E-state index contributed by atoms with van der Waals surface area (Å²) >= 11 is 5.87. The number of nitrogen functional groups attached to an aromatic ring is 1. The zero-order valence-electron chi connectivity index (χ0n) is 16.7. The second kappa shape index (κ2) is 9.45. The molecule has 0 fully saturated rings. The maximum atomic E-state index is 12.6. The summed E-state index contributed by atoms with van der Waals surface area (Å²) < 4.78 is 16.9. The summed E-state index contributed by atoms with van der Waals surface area (Å²) in [5, 5.41) is 0.192. The van der Waals surface area contributed by atoms with Crippen molar-refractivity contribution in [2.75, 3.05) is 12.3 Å². The molecular formula is C22H22ClN3O4. The number of carbonyl (C=O) groups is 1. The predicted molar refractivity (Wildman–Crippen MR) is 114 cm³/mol. The zero-order valence-corrected chi connectivity index (χ0v) is 17.4. The average Bonchev–Trinajstić information content (AvgIpc) is 2.69. The van der Waals surface area contributed by atoms with Gasteiger partial charge in [0.05, 0.1) is 6.61 Å². The topological polar surface area (TPSA) is 96.6 Å². The first kappa shape index (κ1) is 21.4. The van der Waals surface area contributed by atoms with Crippen LogP contribution < -0.4 is 15.2 Å². The lowest BCUT2D eigenvalue weighted by Gasteiger charge is -2.28. The lowest BCUT2D eigenvalue weighted by atomic mass is 9.96. The smallest absolute Gasteiger partial charge is 0.350 e. The molecule has 8 heteroatoms. The maximum Gasteiger partial charge on any atom is 0.350 e. The van der Waals surface area contributed by atoms with Crippen LogP contribution in [0.4, 0.5) is 5.95 Å². The number of esters is 1. The fourth-order valence-corrected chi connectivity index (χ4v) is 3.01. The Morgan fingerprint density at radius 1 is 1.07 bits per heavy atom. The van der Waals surface area contributed by atoms with E-state index in [9.17, 15) is 4.79 Å². The summed E-state index contributed by atoms with van der Waals surface area (Å²) in [5.41, 5.74) is 5.26. The van der Waals surface area contributed by atoms with Gasteiger partial charge in [0.15, 0.2) is 0 Å². The Hall–Kier alpha value is -3.32. The van der Waals surface area contributed by atoms with Crippen LogP contribution in [0, 0.1) is 0 Å². The van der Waals surface area contributed by atoms with Crippen LogP contribution in [0.1, 0.15) is 19.4 Å². The number of nitrogens with two attached hydrogens (primary N) is 1. The van der Waals surface area contributed by atoms with Crippen LogP contribution >= 0.6 is 11.6 Å². The molecule has 0 aliphatic heterocycles. The molecule has 3 rings (SSSR count). The van der Waals surface area contributed by atoms with Crippen LogP contribution in [0.5, 0.6) is 17.4 Å². The molecule has 30 heavy (non-hydrogen) atoms. The Bertz CT molecular complexity index is 979. The van der Waals surface area contributed by atoms with Gasteiger partial charge in [-0.1, -0.05) is 41.9 Å². The van der Waals surface area contributed by atoms with E-state index in [1.54, 1.807) is 38.1 Å². The van der Waals surface area contributed by atoms with Crippen molar-refractivity contribution in [2.24, 2.45) is 0 Å². The number of aromatic nitrogens is 2. The van der Waals surface area contributed by atoms with Crippen LogP contribution in [0.2, 0.25) is 5.15 Å². The molecule has 156 valence electrons. The van der Waals surface area contributed by atoms with Crippen LogP contribution in [-0.2, 0) is 16.0 Å². The number of hydrogen-bond acceptors (Lipinski definition) is 7. The highest BCUT2D eigenvalue weighted by atomic mass is 35.5. The number of benzene rings is 2. The second-order valence-corrected chi connectivity index (χ2v) is 7.06. The molecule has 0 saturated heterocycles. The first-order chi connectivity index (χ1) is 14.4. The number of rotatable bonds is 8. The SMILES string of the molecule is CCOC(=O)C(C)(Cc1ccc(Oc2cc(Cl)nc(N)n2)cc1)Oc1ccccc1. The highest BCUT2D eigenvalue weighted by Gasteiger charge is 2.37. The molecule has 0 amide bonds. The van der Waals surface area contributed by atoms with Gasteiger partial charge in [0, 0.05) is 12.5 Å². The number of halogens is 1. The van der Waals surface area contributed by atoms with Crippen LogP contribution in [0.15, 0.2) is 60.7 Å². The van der Waals surface area contributed by atoms with Gasteiger partial charge < -0.3 is 19.9 Å². The number of nitrogens with zero attached hydrogens (tertiary/aromatic N) is 2. The van der Waals surface area contributed by atoms with Crippen molar-refractivity contribution >= 4 is 23.5 Å². The van der Waals surface area contributed by atoms with Gasteiger partial charge >= 0.3 is 5.97 Å². The molecule has 0 aliphatic rings. The van der Waals surface area contributed by atoms with E-state index in [2.05, 4.69) is 9.97 Å². The molecule has 2 N–H and O–H groups in total. The normalized spacial score (nSPS) is 12.6. The summed E-state index contributed by atoms with van der Waals surface area (Å²) in [6, 6.07) is 17.8. The van der Waals surface area contributed by atoms with E-state index in [-0.39, 0.29) is 23.6 Å². The zero-order chi connectivity index (χ0) is 21.6. The number of para-hydroxylation sites is 1. The van der Waals surface area contributed by atoms with E-state index in [0.29, 0.717) is 17.9 Å². The summed E-state index contributed by atoms with van der Waals surface area (Å²) in [6.45, 7) is 3.75. The minimum absolute atomic E-state index is 0.0254. The molecule has 0 spiro atoms. The van der Waals surface area contributed by atoms with Gasteiger partial charge in [0.1, 0.15) is 16.7 Å². The highest BCUT2D eigenvalue weighted by molar-refractivity contribution is 6.29. The predicted octanol–water partition coefficient (Wildman–Crippen LogP) is 4.45. The average molecular weight is 428 g/mol. The van der Waals surface area contributed by atoms with E-state index in [0.717, 1.165) is 5.56 Å². The Kier molecular flexibility index (Phi) is 6.74. The van der Waals surface area contributed by atoms with E-state index in [1.807, 2.05) is 30.3 Å². The Labute approximate surface area is 179 Å². The van der Waals surface area contributed by atoms with Crippen molar-refractivity contribution in [1.29, 1.82) is 0 Å². The molecule has 0 radical (unpaired) electrons. The number of carbonyl (C=O) groups excluding carboxylic acids is 1. The standard InChI is InChI=1S/C22H22ClN3O4/c1-3-28-20(27)22(2,30-17-7-5-4-6-8-17)14-15-9-11-16(12-10-15)29-19-13-18(23)25-21(24)26-19/h4-13H,3,14H2,1-2H3,(H2,24,25,26). The van der Waals surface area contributed by atoms with E-state index in [4.69, 9.17) is 31.5 Å². The van der Waals surface area contributed by atoms with Gasteiger partial charge in [-0.3, -0.25) is 0 Å². The second-order valence-electron chi connectivity index (χ2n) is 6.68. The molecule has 1 heterocycles. The molecule has 0 saturated carbocycles. The minimum atomic E-state index is -1.19. The largest absolute Gasteiger partial charge is 0.476 e. The third-order valence-electron chi connectivity index (χ3n) is 4.17. The quantitative estimate of drug-likeness (QED) is 0.419. The van der Waals surface area contributed by atoms with Crippen molar-refractivity contribution in [3.8, 4) is 17.4 Å². The van der Waals surface area contributed by atoms with Gasteiger partial charge in [-0.25, -0.2) is 9.78 Å². The first-order valence-corrected chi connectivity index (χ1v) is 9.74. The maximum absolute atomic E-state index is 12.6. The monoisotopic (exact) mass is 427 g/mol. The van der Waals surface area contributed by atoms with E-state index in [1.165, 1.54) is 6.07 Å². The Morgan fingerprint density at radius 3 is 2.40 bits per heavy atom. The number of anilines is 1. The molecule has 0 aliphatic carbocycles. The molecule has 1 atom stereocenters. The number of ether oxygens (including phenoxy) is 3. The molecule has 7 nitrogen and oxygen atoms in total. The summed E-state index contributed by atoms with van der Waals surface area (Å²) in [5.74, 6) is 0.961. The molecule has 1 unspecified atom stereocenters. The molecular weight excluding hydrogens is 406 g/mol. The van der Waals surface area contributed by atoms with Crippen molar-refractivity contribution in [2.45, 2.75) is 25.9 Å². The van der Waals surface area contributed by atoms with Crippen molar-refractivity contribution < 1.29 is 19.0 Å². The summed E-state index contributed by atoms with van der Waals surface area (Å²) in [6.07, 6.45) is 0.313. The highest BCUT2D eigenvalue weighted by Crippen LogP contribution is 2.27. The van der Waals surface area contributed by atoms with Gasteiger partial charge in [0.25, 0.3) is 0 Å². The van der Waals surface area contributed by atoms with Crippen LogP contribution in [-0.4, -0.2) is 28.1 Å². The van der Waals surface area contributed by atoms with Gasteiger partial charge in [-0.2, -0.15) is 4.98 Å². The molecule has 2 aromatic carbocycles. The van der Waals surface area contributed by atoms with Gasteiger partial charge in [0.2, 0.25) is 17.4 Å². The summed E-state index contributed by atoms with van der Waals surface area (Å²) in [4.78, 5) is 20.4. The van der Waals surface area contributed by atoms with Crippen LogP contribution in [0.3, 0.4) is 0 Å². The van der Waals surface area contributed by atoms with Gasteiger partial charge in [-0.15, -0.1) is 0 Å². The lowest BCUT2D eigenvalue weighted by molar-refractivity contribution is -0.160. The molecule has 1 aromatic heterocycles. The fraction of sp³-hybridized carbons (Fsp3) is 0.227. The van der Waals surface area contributed by atoms with Crippen molar-refractivity contribution in [1.82, 2.24) is 9.97 Å². The Morgan fingerprint density at radius 2 is 1.77 bits per heavy atom. The molecule has 0 bridgehead atoms. The lowest BCUT2D eigenvalue weighted by Crippen LogP contribution is -2.45. The summed E-state index contributed by atoms with van der Waals surface area (Å²) in [7, 11) is 0.